The van der Waals surface area contributed by atoms with Crippen molar-refractivity contribution >= 4 is 29.9 Å². The van der Waals surface area contributed by atoms with E-state index in [2.05, 4.69) is 51.7 Å². The van der Waals surface area contributed by atoms with Crippen molar-refractivity contribution in [1.82, 2.24) is 15.5 Å². The summed E-state index contributed by atoms with van der Waals surface area (Å²) in [6, 6.07) is 8.96. The number of aliphatic imine (C=N–C) groups is 1. The summed E-state index contributed by atoms with van der Waals surface area (Å²) in [6.45, 7) is 7.02. The van der Waals surface area contributed by atoms with Crippen LogP contribution in [-0.4, -0.2) is 50.8 Å². The molecule has 0 spiro atoms. The van der Waals surface area contributed by atoms with Gasteiger partial charge in [-0.2, -0.15) is 0 Å². The van der Waals surface area contributed by atoms with Crippen LogP contribution in [0.3, 0.4) is 0 Å². The summed E-state index contributed by atoms with van der Waals surface area (Å²) in [5, 5.41) is 6.78. The van der Waals surface area contributed by atoms with Crippen molar-refractivity contribution in [1.29, 1.82) is 0 Å². The zero-order chi connectivity index (χ0) is 17.9. The summed E-state index contributed by atoms with van der Waals surface area (Å²) in [7, 11) is 3.52. The number of ether oxygens (including phenoxy) is 1. The van der Waals surface area contributed by atoms with Crippen LogP contribution in [-0.2, 0) is 17.8 Å². The Morgan fingerprint density at radius 2 is 1.81 bits per heavy atom. The van der Waals surface area contributed by atoms with Crippen LogP contribution in [0.1, 0.15) is 43.7 Å². The Labute approximate surface area is 176 Å². The minimum Gasteiger partial charge on any atom is -0.383 e. The van der Waals surface area contributed by atoms with Crippen LogP contribution in [0.15, 0.2) is 29.3 Å². The number of nitrogens with zero attached hydrogens (tertiary/aromatic N) is 2. The summed E-state index contributed by atoms with van der Waals surface area (Å²) < 4.78 is 5.17. The van der Waals surface area contributed by atoms with Crippen LogP contribution in [0, 0.1) is 0 Å². The zero-order valence-corrected chi connectivity index (χ0v) is 18.8. The number of methoxy groups -OCH3 is 1. The number of hydrogen-bond donors (Lipinski definition) is 2. The fourth-order valence-electron chi connectivity index (χ4n) is 3.32. The molecule has 0 radical (unpaired) electrons. The maximum Gasteiger partial charge on any atom is 0.191 e. The van der Waals surface area contributed by atoms with Gasteiger partial charge in [0.1, 0.15) is 0 Å². The van der Waals surface area contributed by atoms with Crippen molar-refractivity contribution in [2.24, 2.45) is 4.99 Å². The molecule has 6 heteroatoms. The first-order chi connectivity index (χ1) is 12.2. The first-order valence-electron chi connectivity index (χ1n) is 9.48. The van der Waals surface area contributed by atoms with Gasteiger partial charge in [0.15, 0.2) is 5.96 Å². The fraction of sp³-hybridized carbons (Fsp3) is 0.650. The second-order valence-electron chi connectivity index (χ2n) is 6.89. The molecule has 1 fully saturated rings. The second kappa shape index (κ2) is 13.3. The van der Waals surface area contributed by atoms with E-state index in [0.29, 0.717) is 6.61 Å². The lowest BCUT2D eigenvalue weighted by Crippen LogP contribution is -2.43. The molecular formula is C20H35IN4O. The van der Waals surface area contributed by atoms with Gasteiger partial charge in [-0.1, -0.05) is 37.1 Å². The smallest absolute Gasteiger partial charge is 0.191 e. The SMILES string of the molecule is CN=C(NCc1ccccc1CN1CCCCCC1)NC(C)COC.I. The molecule has 1 heterocycles. The molecule has 1 atom stereocenters. The molecule has 2 rings (SSSR count). The average molecular weight is 474 g/mol. The van der Waals surface area contributed by atoms with Gasteiger partial charge in [0.05, 0.1) is 6.61 Å². The predicted molar refractivity (Wildman–Crippen MR) is 120 cm³/mol. The Hall–Kier alpha value is -0.860. The van der Waals surface area contributed by atoms with Crippen molar-refractivity contribution < 1.29 is 4.74 Å². The minimum absolute atomic E-state index is 0. The molecule has 1 aliphatic heterocycles. The highest BCUT2D eigenvalue weighted by atomic mass is 127. The summed E-state index contributed by atoms with van der Waals surface area (Å²) in [4.78, 5) is 6.91. The van der Waals surface area contributed by atoms with Gasteiger partial charge in [0, 0.05) is 33.3 Å². The van der Waals surface area contributed by atoms with E-state index in [9.17, 15) is 0 Å². The maximum absolute atomic E-state index is 5.17. The molecule has 0 saturated carbocycles. The van der Waals surface area contributed by atoms with Gasteiger partial charge in [-0.3, -0.25) is 9.89 Å². The number of halogens is 1. The highest BCUT2D eigenvalue weighted by Gasteiger charge is 2.12. The van der Waals surface area contributed by atoms with Crippen LogP contribution in [0.2, 0.25) is 0 Å². The Bertz CT molecular complexity index is 530. The number of benzene rings is 1. The van der Waals surface area contributed by atoms with E-state index in [-0.39, 0.29) is 30.0 Å². The summed E-state index contributed by atoms with van der Waals surface area (Å²) in [6.07, 6.45) is 5.41. The zero-order valence-electron chi connectivity index (χ0n) is 16.5. The van der Waals surface area contributed by atoms with Crippen molar-refractivity contribution in [2.45, 2.75) is 51.7 Å². The summed E-state index contributed by atoms with van der Waals surface area (Å²) in [5.41, 5.74) is 2.76. The molecule has 1 saturated heterocycles. The number of nitrogens with one attached hydrogen (secondary N) is 2. The van der Waals surface area contributed by atoms with Gasteiger partial charge in [-0.15, -0.1) is 24.0 Å². The third-order valence-electron chi connectivity index (χ3n) is 4.68. The fourth-order valence-corrected chi connectivity index (χ4v) is 3.32. The number of hydrogen-bond acceptors (Lipinski definition) is 3. The van der Waals surface area contributed by atoms with Crippen LogP contribution in [0.4, 0.5) is 0 Å². The summed E-state index contributed by atoms with van der Waals surface area (Å²) >= 11 is 0. The lowest BCUT2D eigenvalue weighted by atomic mass is 10.1. The normalized spacial score (nSPS) is 17.1. The number of guanidine groups is 1. The third kappa shape index (κ3) is 8.22. The van der Waals surface area contributed by atoms with E-state index in [4.69, 9.17) is 4.74 Å². The Morgan fingerprint density at radius 1 is 1.15 bits per heavy atom. The first-order valence-corrected chi connectivity index (χ1v) is 9.48. The van der Waals surface area contributed by atoms with Gasteiger partial charge in [-0.25, -0.2) is 0 Å². The van der Waals surface area contributed by atoms with Crippen molar-refractivity contribution in [3.63, 3.8) is 0 Å². The van der Waals surface area contributed by atoms with E-state index in [1.165, 1.54) is 49.9 Å². The second-order valence-corrected chi connectivity index (χ2v) is 6.89. The monoisotopic (exact) mass is 474 g/mol. The average Bonchev–Trinajstić information content (AvgIpc) is 2.88. The van der Waals surface area contributed by atoms with E-state index in [0.717, 1.165) is 19.0 Å². The van der Waals surface area contributed by atoms with E-state index >= 15 is 0 Å². The molecule has 0 aromatic heterocycles. The summed E-state index contributed by atoms with van der Waals surface area (Å²) in [5.74, 6) is 0.814. The van der Waals surface area contributed by atoms with Gasteiger partial charge >= 0.3 is 0 Å². The standard InChI is InChI=1S/C20H34N4O.HI/c1-17(16-25-3)23-20(21-2)22-14-18-10-6-7-11-19(18)15-24-12-8-4-5-9-13-24;/h6-7,10-11,17H,4-5,8-9,12-16H2,1-3H3,(H2,21,22,23);1H. The van der Waals surface area contributed by atoms with E-state index < -0.39 is 0 Å². The lowest BCUT2D eigenvalue weighted by molar-refractivity contribution is 0.179. The topological polar surface area (TPSA) is 48.9 Å². The van der Waals surface area contributed by atoms with E-state index in [1.54, 1.807) is 14.2 Å². The van der Waals surface area contributed by atoms with Crippen LogP contribution >= 0.6 is 24.0 Å². The van der Waals surface area contributed by atoms with Crippen molar-refractivity contribution in [3.8, 4) is 0 Å². The van der Waals surface area contributed by atoms with Crippen molar-refractivity contribution in [2.75, 3.05) is 33.9 Å². The Balaban J connectivity index is 0.00000338. The Morgan fingerprint density at radius 3 is 2.42 bits per heavy atom. The molecule has 148 valence electrons. The van der Waals surface area contributed by atoms with Gasteiger partial charge in [0.25, 0.3) is 0 Å². The molecule has 2 N–H and O–H groups in total. The van der Waals surface area contributed by atoms with Gasteiger partial charge in [0.2, 0.25) is 0 Å². The van der Waals surface area contributed by atoms with E-state index in [1.807, 2.05) is 0 Å². The van der Waals surface area contributed by atoms with Crippen LogP contribution in [0.5, 0.6) is 0 Å². The van der Waals surface area contributed by atoms with Gasteiger partial charge in [-0.05, 0) is 44.0 Å². The molecule has 26 heavy (non-hydrogen) atoms. The number of rotatable bonds is 7. The number of likely N-dealkylation sites (tertiary alicyclic amines) is 1. The molecule has 1 aliphatic rings. The molecule has 0 bridgehead atoms. The maximum atomic E-state index is 5.17. The molecule has 5 nitrogen and oxygen atoms in total. The Kier molecular flexibility index (Phi) is 11.9. The largest absolute Gasteiger partial charge is 0.383 e. The first kappa shape index (κ1) is 23.2. The quantitative estimate of drug-likeness (QED) is 0.362. The third-order valence-corrected chi connectivity index (χ3v) is 4.68. The van der Waals surface area contributed by atoms with Crippen LogP contribution < -0.4 is 10.6 Å². The highest BCUT2D eigenvalue weighted by Crippen LogP contribution is 2.16. The predicted octanol–water partition coefficient (Wildman–Crippen LogP) is 3.38. The molecule has 1 unspecified atom stereocenters. The lowest BCUT2D eigenvalue weighted by Gasteiger charge is -2.22. The van der Waals surface area contributed by atoms with Crippen molar-refractivity contribution in [3.05, 3.63) is 35.4 Å². The minimum atomic E-state index is 0. The molecule has 1 aromatic rings. The molecule has 0 aliphatic carbocycles. The molecule has 1 aromatic carbocycles. The molecular weight excluding hydrogens is 439 g/mol. The van der Waals surface area contributed by atoms with Crippen LogP contribution in [0.25, 0.3) is 0 Å². The molecule has 0 amide bonds. The highest BCUT2D eigenvalue weighted by molar-refractivity contribution is 14.0. The van der Waals surface area contributed by atoms with Gasteiger partial charge < -0.3 is 15.4 Å².